The topological polar surface area (TPSA) is 151 Å². The lowest BCUT2D eigenvalue weighted by Gasteiger charge is -2.34. The number of anilines is 1. The average molecular weight is 451 g/mol. The molecule has 0 unspecified atom stereocenters. The number of rotatable bonds is 6. The number of benzene rings is 1. The lowest BCUT2D eigenvalue weighted by atomic mass is 10.1. The van der Waals surface area contributed by atoms with Crippen LogP contribution in [0.2, 0.25) is 0 Å². The highest BCUT2D eigenvalue weighted by Crippen LogP contribution is 2.25. The molecule has 1 aliphatic rings. The Morgan fingerprint density at radius 3 is 2.76 bits per heavy atom. The first-order valence-electron chi connectivity index (χ1n) is 10.7. The lowest BCUT2D eigenvalue weighted by molar-refractivity contribution is 0.224. The maximum Gasteiger partial charge on any atom is 0.223 e. The molecular weight excluding hydrogens is 423 g/mol. The molecule has 0 fully saturated rings. The van der Waals surface area contributed by atoms with Gasteiger partial charge >= 0.3 is 0 Å². The van der Waals surface area contributed by atoms with Gasteiger partial charge in [0.2, 0.25) is 5.95 Å². The van der Waals surface area contributed by atoms with Crippen LogP contribution >= 0.6 is 0 Å². The molecule has 0 amide bonds. The summed E-state index contributed by atoms with van der Waals surface area (Å²) in [4.78, 5) is 11.0. The second kappa shape index (κ2) is 9.01. The summed E-state index contributed by atoms with van der Waals surface area (Å²) in [5.74, 6) is 6.18. The number of nitriles is 1. The number of hydrogen-bond acceptors (Lipinski definition) is 9. The van der Waals surface area contributed by atoms with Crippen LogP contribution in [0, 0.1) is 17.1 Å². The Balaban J connectivity index is 1.51. The number of nitrogens with zero attached hydrogens (tertiary/aromatic N) is 7. The summed E-state index contributed by atoms with van der Waals surface area (Å²) >= 11 is 0. The molecule has 0 saturated carbocycles. The van der Waals surface area contributed by atoms with Gasteiger partial charge in [0.1, 0.15) is 11.9 Å². The van der Waals surface area contributed by atoms with Crippen LogP contribution in [-0.4, -0.2) is 55.2 Å². The molecule has 6 N–H and O–H groups in total. The van der Waals surface area contributed by atoms with Crippen molar-refractivity contribution in [1.82, 2.24) is 29.5 Å². The highest BCUT2D eigenvalue weighted by molar-refractivity contribution is 5.67. The summed E-state index contributed by atoms with van der Waals surface area (Å²) in [6.45, 7) is 6.25. The van der Waals surface area contributed by atoms with E-state index in [1.807, 2.05) is 19.9 Å². The fourth-order valence-corrected chi connectivity index (χ4v) is 3.91. The monoisotopic (exact) mass is 450 g/mol. The summed E-state index contributed by atoms with van der Waals surface area (Å²) in [5, 5.41) is 15.3. The molecule has 1 aromatic carbocycles. The third-order valence-electron chi connectivity index (χ3n) is 5.74. The zero-order chi connectivity index (χ0) is 23.7. The van der Waals surface area contributed by atoms with Gasteiger partial charge in [0.05, 0.1) is 17.0 Å². The highest BCUT2D eigenvalue weighted by atomic mass is 19.1. The van der Waals surface area contributed by atoms with E-state index in [1.54, 1.807) is 23.2 Å². The second-order valence-electron chi connectivity index (χ2n) is 8.33. The van der Waals surface area contributed by atoms with Gasteiger partial charge in [-0.2, -0.15) is 9.78 Å². The van der Waals surface area contributed by atoms with Gasteiger partial charge in [-0.3, -0.25) is 4.90 Å². The fourth-order valence-electron chi connectivity index (χ4n) is 3.91. The van der Waals surface area contributed by atoms with E-state index in [2.05, 4.69) is 20.0 Å². The molecule has 3 heterocycles. The van der Waals surface area contributed by atoms with Crippen LogP contribution in [0.15, 0.2) is 35.7 Å². The van der Waals surface area contributed by atoms with Gasteiger partial charge in [0.15, 0.2) is 11.5 Å². The molecule has 33 heavy (non-hydrogen) atoms. The molecule has 3 aromatic rings. The van der Waals surface area contributed by atoms with E-state index >= 15 is 0 Å². The van der Waals surface area contributed by atoms with Crippen LogP contribution in [0.25, 0.3) is 16.9 Å². The number of nitrogen functional groups attached to an aromatic ring is 1. The Kier molecular flexibility index (Phi) is 6.13. The van der Waals surface area contributed by atoms with Crippen molar-refractivity contribution < 1.29 is 4.39 Å². The van der Waals surface area contributed by atoms with Gasteiger partial charge in [-0.25, -0.2) is 20.2 Å². The quantitative estimate of drug-likeness (QED) is 0.374. The predicted molar refractivity (Wildman–Crippen MR) is 122 cm³/mol. The Bertz CT molecular complexity index is 1260. The molecule has 0 radical (unpaired) electrons. The molecule has 10 nitrogen and oxygen atoms in total. The fraction of sp³-hybridized carbons (Fsp3) is 0.364. The zero-order valence-electron chi connectivity index (χ0n) is 18.7. The number of hydrogen-bond donors (Lipinski definition) is 3. The molecule has 1 aliphatic heterocycles. The molecule has 0 saturated heterocycles. The standard InChI is InChI=1S/C22H27FN10/c1-13(2)32(27)18-6-8-31(12-16(18)25)9-7-19-29-20-10-17(28-22(26)33(20)30-19)15-5-3-4-14(11-24)21(15)23/h3-5,10,13H,6-9,12,25,27H2,1-2H3,(H2,26,28). The molecule has 172 valence electrons. The third kappa shape index (κ3) is 4.44. The second-order valence-corrected chi connectivity index (χ2v) is 8.33. The van der Waals surface area contributed by atoms with Crippen LogP contribution in [0.1, 0.15) is 31.7 Å². The van der Waals surface area contributed by atoms with Crippen LogP contribution in [0.5, 0.6) is 0 Å². The maximum absolute atomic E-state index is 14.6. The van der Waals surface area contributed by atoms with E-state index in [1.165, 1.54) is 10.6 Å². The zero-order valence-corrected chi connectivity index (χ0v) is 18.7. The minimum atomic E-state index is -0.639. The van der Waals surface area contributed by atoms with E-state index in [0.717, 1.165) is 30.9 Å². The SMILES string of the molecule is CC(C)N(N)C1=C(N)CN(CCc2nc3cc(-c4cccc(C#N)c4F)nc(N)n3n2)CC1. The van der Waals surface area contributed by atoms with Gasteiger partial charge in [0, 0.05) is 55.8 Å². The lowest BCUT2D eigenvalue weighted by Crippen LogP contribution is -2.44. The minimum absolute atomic E-state index is 0.0564. The average Bonchev–Trinajstić information content (AvgIpc) is 3.21. The van der Waals surface area contributed by atoms with Crippen molar-refractivity contribution in [3.63, 3.8) is 0 Å². The third-order valence-corrected chi connectivity index (χ3v) is 5.74. The minimum Gasteiger partial charge on any atom is -0.400 e. The first-order valence-corrected chi connectivity index (χ1v) is 10.7. The smallest absolute Gasteiger partial charge is 0.223 e. The molecule has 2 aromatic heterocycles. The Labute approximate surface area is 191 Å². The molecule has 0 aliphatic carbocycles. The van der Waals surface area contributed by atoms with E-state index in [4.69, 9.17) is 22.6 Å². The summed E-state index contributed by atoms with van der Waals surface area (Å²) in [6, 6.07) is 8.20. The maximum atomic E-state index is 14.6. The van der Waals surface area contributed by atoms with Crippen molar-refractivity contribution >= 4 is 11.6 Å². The summed E-state index contributed by atoms with van der Waals surface area (Å²) in [7, 11) is 0. The normalized spacial score (nSPS) is 14.8. The van der Waals surface area contributed by atoms with Gasteiger partial charge in [-0.15, -0.1) is 5.10 Å². The number of fused-ring (bicyclic) bond motifs is 1. The Morgan fingerprint density at radius 2 is 2.06 bits per heavy atom. The van der Waals surface area contributed by atoms with Crippen molar-refractivity contribution in [2.24, 2.45) is 11.6 Å². The van der Waals surface area contributed by atoms with Crippen molar-refractivity contribution in [1.29, 1.82) is 5.26 Å². The number of hydrazine groups is 1. The van der Waals surface area contributed by atoms with Crippen molar-refractivity contribution in [2.75, 3.05) is 25.4 Å². The van der Waals surface area contributed by atoms with E-state index in [-0.39, 0.29) is 23.1 Å². The largest absolute Gasteiger partial charge is 0.400 e. The summed E-state index contributed by atoms with van der Waals surface area (Å²) in [6.07, 6.45) is 1.38. The van der Waals surface area contributed by atoms with E-state index in [0.29, 0.717) is 30.1 Å². The Morgan fingerprint density at radius 1 is 1.27 bits per heavy atom. The van der Waals surface area contributed by atoms with Crippen LogP contribution < -0.4 is 17.3 Å². The van der Waals surface area contributed by atoms with Gasteiger partial charge in [0.25, 0.3) is 0 Å². The van der Waals surface area contributed by atoms with Gasteiger partial charge in [-0.1, -0.05) is 6.07 Å². The van der Waals surface area contributed by atoms with Gasteiger partial charge < -0.3 is 16.5 Å². The highest BCUT2D eigenvalue weighted by Gasteiger charge is 2.22. The number of aromatic nitrogens is 4. The van der Waals surface area contributed by atoms with Gasteiger partial charge in [-0.05, 0) is 26.0 Å². The molecular formula is C22H27FN10. The first-order chi connectivity index (χ1) is 15.8. The van der Waals surface area contributed by atoms with Crippen LogP contribution in [-0.2, 0) is 6.42 Å². The van der Waals surface area contributed by atoms with Crippen LogP contribution in [0.3, 0.4) is 0 Å². The summed E-state index contributed by atoms with van der Waals surface area (Å²) in [5.41, 5.74) is 15.0. The van der Waals surface area contributed by atoms with E-state index in [9.17, 15) is 4.39 Å². The summed E-state index contributed by atoms with van der Waals surface area (Å²) < 4.78 is 16.0. The predicted octanol–water partition coefficient (Wildman–Crippen LogP) is 1.39. The molecule has 0 bridgehead atoms. The van der Waals surface area contributed by atoms with Crippen molar-refractivity contribution in [2.45, 2.75) is 32.7 Å². The molecule has 4 rings (SSSR count). The molecule has 11 heteroatoms. The van der Waals surface area contributed by atoms with Crippen molar-refractivity contribution in [3.8, 4) is 17.3 Å². The van der Waals surface area contributed by atoms with Crippen LogP contribution in [0.4, 0.5) is 10.3 Å². The number of nitrogens with two attached hydrogens (primary N) is 3. The molecule has 0 spiro atoms. The van der Waals surface area contributed by atoms with E-state index < -0.39 is 5.82 Å². The Hall–Kier alpha value is -3.75. The number of halogens is 1. The van der Waals surface area contributed by atoms with Crippen molar-refractivity contribution in [3.05, 3.63) is 52.9 Å². The molecule has 0 atom stereocenters. The first kappa shape index (κ1) is 22.4.